The van der Waals surface area contributed by atoms with Crippen LogP contribution < -0.4 is 5.32 Å². The minimum atomic E-state index is -0.164. The molecule has 0 aliphatic rings. The van der Waals surface area contributed by atoms with Crippen molar-refractivity contribution in [3.63, 3.8) is 0 Å². The first-order valence-electron chi connectivity index (χ1n) is 8.02. The fraction of sp³-hybridized carbons (Fsp3) is 0.263. The van der Waals surface area contributed by atoms with Gasteiger partial charge in [0.05, 0.1) is 12.2 Å². The van der Waals surface area contributed by atoms with Crippen molar-refractivity contribution in [3.8, 4) is 5.82 Å². The van der Waals surface area contributed by atoms with Gasteiger partial charge in [-0.05, 0) is 32.9 Å². The topological polar surface area (TPSA) is 69.3 Å². The van der Waals surface area contributed by atoms with E-state index in [2.05, 4.69) is 10.5 Å². The van der Waals surface area contributed by atoms with Crippen molar-refractivity contribution in [2.45, 2.75) is 27.4 Å². The van der Waals surface area contributed by atoms with Gasteiger partial charge in [-0.2, -0.15) is 0 Å². The Hall–Kier alpha value is -2.86. The van der Waals surface area contributed by atoms with Gasteiger partial charge in [-0.15, -0.1) is 0 Å². The molecule has 6 heteroatoms. The largest absolute Gasteiger partial charge is 0.380 e. The third-order valence-electron chi connectivity index (χ3n) is 4.09. The van der Waals surface area contributed by atoms with E-state index in [0.29, 0.717) is 18.0 Å². The van der Waals surface area contributed by atoms with Crippen molar-refractivity contribution in [1.82, 2.24) is 9.72 Å². The Kier molecular flexibility index (Phi) is 4.72. The van der Waals surface area contributed by atoms with E-state index in [1.807, 2.05) is 61.7 Å². The molecule has 3 aromatic rings. The van der Waals surface area contributed by atoms with Gasteiger partial charge in [0.1, 0.15) is 5.76 Å². The Morgan fingerprint density at radius 3 is 2.68 bits per heavy atom. The third kappa shape index (κ3) is 3.34. The molecule has 1 amide bonds. The van der Waals surface area contributed by atoms with Gasteiger partial charge in [-0.25, -0.2) is 0 Å². The van der Waals surface area contributed by atoms with Crippen LogP contribution >= 0.6 is 0 Å². The molecule has 0 aliphatic carbocycles. The molecule has 0 atom stereocenters. The number of ether oxygens (including phenoxy) is 1. The number of benzene rings is 1. The summed E-state index contributed by atoms with van der Waals surface area (Å²) in [5, 5.41) is 7.02. The summed E-state index contributed by atoms with van der Waals surface area (Å²) in [6.45, 7) is 6.11. The summed E-state index contributed by atoms with van der Waals surface area (Å²) in [7, 11) is 1.63. The molecule has 130 valence electrons. The van der Waals surface area contributed by atoms with E-state index in [-0.39, 0.29) is 5.91 Å². The van der Waals surface area contributed by atoms with Gasteiger partial charge in [0.25, 0.3) is 5.91 Å². The Morgan fingerprint density at radius 1 is 1.24 bits per heavy atom. The highest BCUT2D eigenvalue weighted by molar-refractivity contribution is 6.05. The molecule has 2 heterocycles. The molecule has 0 unspecified atom stereocenters. The molecule has 0 fully saturated rings. The minimum absolute atomic E-state index is 0.164. The van der Waals surface area contributed by atoms with Crippen LogP contribution in [0, 0.1) is 20.8 Å². The van der Waals surface area contributed by atoms with Crippen LogP contribution in [-0.4, -0.2) is 22.7 Å². The molecule has 0 spiro atoms. The SMILES string of the molecule is COCc1ccccc1NC(=O)c1cc(C)n(-c2cc(C)on2)c1C. The molecular weight excluding hydrogens is 318 g/mol. The van der Waals surface area contributed by atoms with E-state index in [9.17, 15) is 4.79 Å². The van der Waals surface area contributed by atoms with Crippen LogP contribution in [0.15, 0.2) is 40.9 Å². The van der Waals surface area contributed by atoms with Gasteiger partial charge in [0, 0.05) is 35.8 Å². The van der Waals surface area contributed by atoms with Gasteiger partial charge in [-0.1, -0.05) is 23.4 Å². The first kappa shape index (κ1) is 17.0. The molecule has 1 N–H and O–H groups in total. The fourth-order valence-electron chi connectivity index (χ4n) is 2.92. The second kappa shape index (κ2) is 6.94. The summed E-state index contributed by atoms with van der Waals surface area (Å²) in [4.78, 5) is 12.8. The van der Waals surface area contributed by atoms with Crippen molar-refractivity contribution in [2.24, 2.45) is 0 Å². The van der Waals surface area contributed by atoms with Crippen LogP contribution in [0.25, 0.3) is 5.82 Å². The van der Waals surface area contributed by atoms with E-state index in [1.54, 1.807) is 7.11 Å². The van der Waals surface area contributed by atoms with Gasteiger partial charge >= 0.3 is 0 Å². The standard InChI is InChI=1S/C19H21N3O3/c1-12-9-16(14(3)22(12)18-10-13(2)25-21-18)19(23)20-17-8-6-5-7-15(17)11-24-4/h5-10H,11H2,1-4H3,(H,20,23). The predicted molar refractivity (Wildman–Crippen MR) is 95.1 cm³/mol. The lowest BCUT2D eigenvalue weighted by molar-refractivity contribution is 0.102. The number of para-hydroxylation sites is 1. The summed E-state index contributed by atoms with van der Waals surface area (Å²) in [6, 6.07) is 11.3. The van der Waals surface area contributed by atoms with E-state index >= 15 is 0 Å². The van der Waals surface area contributed by atoms with Crippen LogP contribution in [-0.2, 0) is 11.3 Å². The summed E-state index contributed by atoms with van der Waals surface area (Å²) >= 11 is 0. The van der Waals surface area contributed by atoms with Crippen molar-refractivity contribution >= 4 is 11.6 Å². The number of nitrogens with one attached hydrogen (secondary N) is 1. The Morgan fingerprint density at radius 2 is 2.00 bits per heavy atom. The fourth-order valence-corrected chi connectivity index (χ4v) is 2.92. The molecule has 1 aromatic carbocycles. The van der Waals surface area contributed by atoms with Crippen LogP contribution in [0.3, 0.4) is 0 Å². The third-order valence-corrected chi connectivity index (χ3v) is 4.09. The average molecular weight is 339 g/mol. The predicted octanol–water partition coefficient (Wildman–Crippen LogP) is 3.79. The quantitative estimate of drug-likeness (QED) is 0.768. The molecule has 25 heavy (non-hydrogen) atoms. The molecule has 3 rings (SSSR count). The van der Waals surface area contributed by atoms with Gasteiger partial charge in [-0.3, -0.25) is 9.36 Å². The first-order chi connectivity index (χ1) is 12.0. The zero-order chi connectivity index (χ0) is 18.0. The maximum absolute atomic E-state index is 12.8. The van der Waals surface area contributed by atoms with Gasteiger partial charge < -0.3 is 14.6 Å². The molecular formula is C19H21N3O3. The zero-order valence-corrected chi connectivity index (χ0v) is 14.8. The number of rotatable bonds is 5. The van der Waals surface area contributed by atoms with Gasteiger partial charge in [0.15, 0.2) is 5.82 Å². The maximum Gasteiger partial charge on any atom is 0.257 e. The molecule has 2 aromatic heterocycles. The molecule has 0 radical (unpaired) electrons. The van der Waals surface area contributed by atoms with E-state index in [4.69, 9.17) is 9.26 Å². The Bertz CT molecular complexity index is 909. The summed E-state index contributed by atoms with van der Waals surface area (Å²) < 4.78 is 12.2. The lowest BCUT2D eigenvalue weighted by Crippen LogP contribution is -2.14. The van der Waals surface area contributed by atoms with Crippen LogP contribution in [0.4, 0.5) is 5.69 Å². The number of carbonyl (C=O) groups excluding carboxylic acids is 1. The summed E-state index contributed by atoms with van der Waals surface area (Å²) in [6.07, 6.45) is 0. The monoisotopic (exact) mass is 339 g/mol. The smallest absolute Gasteiger partial charge is 0.257 e. The molecule has 0 aliphatic heterocycles. The number of carbonyl (C=O) groups is 1. The summed E-state index contributed by atoms with van der Waals surface area (Å²) in [5.41, 5.74) is 4.01. The zero-order valence-electron chi connectivity index (χ0n) is 14.8. The number of hydrogen-bond donors (Lipinski definition) is 1. The van der Waals surface area contributed by atoms with Crippen molar-refractivity contribution < 1.29 is 14.1 Å². The van der Waals surface area contributed by atoms with Crippen molar-refractivity contribution in [1.29, 1.82) is 0 Å². The van der Waals surface area contributed by atoms with E-state index < -0.39 is 0 Å². The number of methoxy groups -OCH3 is 1. The highest BCUT2D eigenvalue weighted by atomic mass is 16.5. The lowest BCUT2D eigenvalue weighted by atomic mass is 10.1. The Labute approximate surface area is 146 Å². The van der Waals surface area contributed by atoms with Crippen molar-refractivity contribution in [2.75, 3.05) is 12.4 Å². The van der Waals surface area contributed by atoms with Crippen LogP contribution in [0.1, 0.15) is 33.1 Å². The molecule has 6 nitrogen and oxygen atoms in total. The van der Waals surface area contributed by atoms with Crippen molar-refractivity contribution in [3.05, 3.63) is 64.7 Å². The minimum Gasteiger partial charge on any atom is -0.380 e. The highest BCUT2D eigenvalue weighted by Crippen LogP contribution is 2.23. The number of amides is 1. The normalized spacial score (nSPS) is 10.9. The second-order valence-corrected chi connectivity index (χ2v) is 5.96. The van der Waals surface area contributed by atoms with Crippen LogP contribution in [0.2, 0.25) is 0 Å². The molecule has 0 saturated carbocycles. The number of nitrogens with zero attached hydrogens (tertiary/aromatic N) is 2. The van der Waals surface area contributed by atoms with Crippen LogP contribution in [0.5, 0.6) is 0 Å². The average Bonchev–Trinajstić information content (AvgIpc) is 3.12. The number of hydrogen-bond acceptors (Lipinski definition) is 4. The van der Waals surface area contributed by atoms with E-state index in [0.717, 1.165) is 28.4 Å². The number of aromatic nitrogens is 2. The molecule has 0 bridgehead atoms. The molecule has 0 saturated heterocycles. The highest BCUT2D eigenvalue weighted by Gasteiger charge is 2.19. The summed E-state index contributed by atoms with van der Waals surface area (Å²) in [5.74, 6) is 1.23. The number of anilines is 1. The Balaban J connectivity index is 1.91. The lowest BCUT2D eigenvalue weighted by Gasteiger charge is -2.10. The van der Waals surface area contributed by atoms with Gasteiger partial charge in [0.2, 0.25) is 0 Å². The number of aryl methyl sites for hydroxylation is 2. The first-order valence-corrected chi connectivity index (χ1v) is 8.02. The maximum atomic E-state index is 12.8. The van der Waals surface area contributed by atoms with E-state index in [1.165, 1.54) is 0 Å². The second-order valence-electron chi connectivity index (χ2n) is 5.96.